The van der Waals surface area contributed by atoms with E-state index in [9.17, 15) is 8.78 Å². The van der Waals surface area contributed by atoms with Gasteiger partial charge >= 0.3 is 0 Å². The average molecular weight is 206 g/mol. The molecule has 0 radical (unpaired) electrons. The molecule has 0 spiro atoms. The Kier molecular flexibility index (Phi) is 3.59. The van der Waals surface area contributed by atoms with E-state index in [1.165, 1.54) is 18.3 Å². The van der Waals surface area contributed by atoms with Crippen LogP contribution in [0.5, 0.6) is 0 Å². The number of thiazole rings is 1. The van der Waals surface area contributed by atoms with Gasteiger partial charge < -0.3 is 5.32 Å². The van der Waals surface area contributed by atoms with Crippen molar-refractivity contribution in [3.63, 3.8) is 0 Å². The molecule has 1 heterocycles. The average Bonchev–Trinajstić information content (AvgIpc) is 2.52. The van der Waals surface area contributed by atoms with Crippen molar-refractivity contribution in [3.8, 4) is 0 Å². The van der Waals surface area contributed by atoms with Gasteiger partial charge in [0, 0.05) is 5.38 Å². The molecule has 13 heavy (non-hydrogen) atoms. The third kappa shape index (κ3) is 2.91. The van der Waals surface area contributed by atoms with Crippen LogP contribution in [0.25, 0.3) is 0 Å². The molecule has 1 aromatic heterocycles. The maximum Gasteiger partial charge on any atom is 0.258 e. The zero-order valence-corrected chi connectivity index (χ0v) is 8.37. The highest BCUT2D eigenvalue weighted by molar-refractivity contribution is 7.13. The van der Waals surface area contributed by atoms with Crippen molar-refractivity contribution >= 4 is 16.5 Å². The van der Waals surface area contributed by atoms with Crippen molar-refractivity contribution in [3.05, 3.63) is 11.1 Å². The molecule has 0 fully saturated rings. The highest BCUT2D eigenvalue weighted by atomic mass is 32.1. The van der Waals surface area contributed by atoms with Crippen molar-refractivity contribution in [2.45, 2.75) is 32.7 Å². The molecule has 0 saturated heterocycles. The van der Waals surface area contributed by atoms with Gasteiger partial charge in [0.15, 0.2) is 5.13 Å². The van der Waals surface area contributed by atoms with Gasteiger partial charge in [0.05, 0.1) is 11.7 Å². The minimum Gasteiger partial charge on any atom is -0.353 e. The van der Waals surface area contributed by atoms with Crippen molar-refractivity contribution in [1.29, 1.82) is 0 Å². The summed E-state index contributed by atoms with van der Waals surface area (Å²) < 4.78 is 24.2. The molecule has 0 aromatic carbocycles. The first-order valence-electron chi connectivity index (χ1n) is 4.12. The van der Waals surface area contributed by atoms with Crippen LogP contribution >= 0.6 is 11.3 Å². The first kappa shape index (κ1) is 10.4. The van der Waals surface area contributed by atoms with E-state index in [1.807, 2.05) is 12.3 Å². The summed E-state index contributed by atoms with van der Waals surface area (Å²) in [5.41, 5.74) is 0.939. The molecule has 1 atom stereocenters. The van der Waals surface area contributed by atoms with E-state index in [0.717, 1.165) is 12.1 Å². The summed E-state index contributed by atoms with van der Waals surface area (Å²) in [5.74, 6) is 0. The fourth-order valence-electron chi connectivity index (χ4n) is 0.793. The molecule has 74 valence electrons. The lowest BCUT2D eigenvalue weighted by molar-refractivity contribution is 0.130. The molecular weight excluding hydrogens is 194 g/mol. The second-order valence-corrected chi connectivity index (χ2v) is 3.62. The topological polar surface area (TPSA) is 24.9 Å². The van der Waals surface area contributed by atoms with Crippen LogP contribution in [-0.4, -0.2) is 17.5 Å². The van der Waals surface area contributed by atoms with Crippen LogP contribution in [0.3, 0.4) is 0 Å². The van der Waals surface area contributed by atoms with Crippen LogP contribution in [0.4, 0.5) is 13.9 Å². The molecule has 0 amide bonds. The largest absolute Gasteiger partial charge is 0.353 e. The summed E-state index contributed by atoms with van der Waals surface area (Å²) in [7, 11) is 0. The summed E-state index contributed by atoms with van der Waals surface area (Å²) in [6.07, 6.45) is -1.52. The van der Waals surface area contributed by atoms with E-state index in [2.05, 4.69) is 10.3 Å². The zero-order chi connectivity index (χ0) is 9.84. The van der Waals surface area contributed by atoms with Crippen LogP contribution in [-0.2, 0) is 6.42 Å². The maximum atomic E-state index is 12.1. The Morgan fingerprint density at radius 3 is 2.77 bits per heavy atom. The lowest BCUT2D eigenvalue weighted by Gasteiger charge is -2.10. The van der Waals surface area contributed by atoms with Crippen LogP contribution in [0, 0.1) is 0 Å². The summed E-state index contributed by atoms with van der Waals surface area (Å²) >= 11 is 1.36. The third-order valence-corrected chi connectivity index (χ3v) is 2.47. The Labute approximate surface area is 80.0 Å². The predicted molar refractivity (Wildman–Crippen MR) is 50.6 cm³/mol. The number of halogens is 2. The second kappa shape index (κ2) is 4.50. The first-order valence-corrected chi connectivity index (χ1v) is 5.00. The molecule has 1 N–H and O–H groups in total. The lowest BCUT2D eigenvalue weighted by atomic mass is 10.4. The van der Waals surface area contributed by atoms with Gasteiger partial charge in [-0.1, -0.05) is 6.92 Å². The quantitative estimate of drug-likeness (QED) is 0.819. The number of hydrogen-bond acceptors (Lipinski definition) is 3. The van der Waals surface area contributed by atoms with Crippen LogP contribution in [0.15, 0.2) is 5.38 Å². The Hall–Kier alpha value is -0.710. The lowest BCUT2D eigenvalue weighted by Crippen LogP contribution is -2.23. The molecule has 0 saturated carbocycles. The molecule has 1 aromatic rings. The van der Waals surface area contributed by atoms with Gasteiger partial charge in [-0.25, -0.2) is 13.8 Å². The number of alkyl halides is 2. The molecule has 5 heteroatoms. The minimum atomic E-state index is -2.35. The summed E-state index contributed by atoms with van der Waals surface area (Å²) in [6, 6.07) is -0.837. The van der Waals surface area contributed by atoms with E-state index in [-0.39, 0.29) is 0 Å². The standard InChI is InChI=1S/C8H12F2N2S/c1-3-6-4-13-8(12-6)11-5(2)7(9)10/h4-5,7H,3H2,1-2H3,(H,11,12). The predicted octanol–water partition coefficient (Wildman–Crippen LogP) is 2.77. The molecule has 0 aliphatic heterocycles. The molecule has 2 nitrogen and oxygen atoms in total. The number of anilines is 1. The van der Waals surface area contributed by atoms with E-state index in [1.54, 1.807) is 0 Å². The van der Waals surface area contributed by atoms with Gasteiger partial charge in [0.1, 0.15) is 0 Å². The van der Waals surface area contributed by atoms with Crippen molar-refractivity contribution in [2.24, 2.45) is 0 Å². The van der Waals surface area contributed by atoms with E-state index in [0.29, 0.717) is 5.13 Å². The van der Waals surface area contributed by atoms with E-state index >= 15 is 0 Å². The fourth-order valence-corrected chi connectivity index (χ4v) is 1.68. The fraction of sp³-hybridized carbons (Fsp3) is 0.625. The Bertz CT molecular complexity index is 262. The number of rotatable bonds is 4. The van der Waals surface area contributed by atoms with Crippen molar-refractivity contribution < 1.29 is 8.78 Å². The molecule has 0 aliphatic carbocycles. The Morgan fingerprint density at radius 2 is 2.31 bits per heavy atom. The van der Waals surface area contributed by atoms with Gasteiger partial charge in [0.2, 0.25) is 0 Å². The monoisotopic (exact) mass is 206 g/mol. The maximum absolute atomic E-state index is 12.1. The van der Waals surface area contributed by atoms with Crippen molar-refractivity contribution in [1.82, 2.24) is 4.98 Å². The van der Waals surface area contributed by atoms with E-state index < -0.39 is 12.5 Å². The van der Waals surface area contributed by atoms with Gasteiger partial charge in [-0.3, -0.25) is 0 Å². The van der Waals surface area contributed by atoms with Gasteiger partial charge in [-0.2, -0.15) is 0 Å². The zero-order valence-electron chi connectivity index (χ0n) is 7.55. The SMILES string of the molecule is CCc1csc(NC(C)C(F)F)n1. The van der Waals surface area contributed by atoms with Crippen molar-refractivity contribution in [2.75, 3.05) is 5.32 Å². The molecule has 0 bridgehead atoms. The molecule has 0 aliphatic rings. The number of nitrogens with one attached hydrogen (secondary N) is 1. The molecule has 1 unspecified atom stereocenters. The molecule has 1 rings (SSSR count). The van der Waals surface area contributed by atoms with Crippen LogP contribution in [0.2, 0.25) is 0 Å². The number of aryl methyl sites for hydroxylation is 1. The summed E-state index contributed by atoms with van der Waals surface area (Å²) in [5, 5.41) is 5.10. The third-order valence-electron chi connectivity index (χ3n) is 1.64. The minimum absolute atomic E-state index is 0.574. The van der Waals surface area contributed by atoms with E-state index in [4.69, 9.17) is 0 Å². The Morgan fingerprint density at radius 1 is 1.62 bits per heavy atom. The Balaban J connectivity index is 2.53. The number of nitrogens with zero attached hydrogens (tertiary/aromatic N) is 1. The number of hydrogen-bond donors (Lipinski definition) is 1. The first-order chi connectivity index (χ1) is 6.13. The van der Waals surface area contributed by atoms with Gasteiger partial charge in [0.25, 0.3) is 6.43 Å². The highest BCUT2D eigenvalue weighted by Crippen LogP contribution is 2.18. The van der Waals surface area contributed by atoms with Gasteiger partial charge in [-0.15, -0.1) is 11.3 Å². The van der Waals surface area contributed by atoms with Crippen LogP contribution < -0.4 is 5.32 Å². The smallest absolute Gasteiger partial charge is 0.258 e. The second-order valence-electron chi connectivity index (χ2n) is 2.77. The van der Waals surface area contributed by atoms with Crippen LogP contribution in [0.1, 0.15) is 19.5 Å². The molecular formula is C8H12F2N2S. The summed E-state index contributed by atoms with van der Waals surface area (Å²) in [6.45, 7) is 3.42. The summed E-state index contributed by atoms with van der Waals surface area (Å²) in [4.78, 5) is 4.13. The number of aromatic nitrogens is 1. The normalized spacial score (nSPS) is 13.3. The highest BCUT2D eigenvalue weighted by Gasteiger charge is 2.15. The van der Waals surface area contributed by atoms with Gasteiger partial charge in [-0.05, 0) is 13.3 Å².